The monoisotopic (exact) mass is 292 g/mol. The lowest BCUT2D eigenvalue weighted by Gasteiger charge is -2.26. The van der Waals surface area contributed by atoms with Crippen LogP contribution < -0.4 is 10.4 Å². The largest absolute Gasteiger partial charge is 0.0806 e. The predicted molar refractivity (Wildman–Crippen MR) is 95.5 cm³/mol. The van der Waals surface area contributed by atoms with E-state index in [1.54, 1.807) is 10.4 Å². The number of hydrogen-bond donors (Lipinski definition) is 0. The third kappa shape index (κ3) is 4.60. The van der Waals surface area contributed by atoms with E-state index in [4.69, 9.17) is 0 Å². The quantitative estimate of drug-likeness (QED) is 0.638. The molecular weight excluding hydrogens is 260 g/mol. The number of rotatable bonds is 7. The Morgan fingerprint density at radius 1 is 0.684 bits per heavy atom. The van der Waals surface area contributed by atoms with Crippen molar-refractivity contribution in [3.05, 3.63) is 24.3 Å². The highest BCUT2D eigenvalue weighted by atomic mass is 28.3. The van der Waals surface area contributed by atoms with Crippen LogP contribution in [0.5, 0.6) is 0 Å². The lowest BCUT2D eigenvalue weighted by atomic mass is 10.4. The first-order valence-corrected chi connectivity index (χ1v) is 14.4. The molecule has 0 saturated heterocycles. The van der Waals surface area contributed by atoms with Crippen molar-refractivity contribution < 1.29 is 0 Å². The molecular formula is C17H32Si2. The number of hydrogen-bond acceptors (Lipinski definition) is 0. The Morgan fingerprint density at radius 3 is 1.47 bits per heavy atom. The van der Waals surface area contributed by atoms with Gasteiger partial charge in [-0.3, -0.25) is 0 Å². The molecule has 1 aromatic rings. The van der Waals surface area contributed by atoms with Gasteiger partial charge in [-0.1, -0.05) is 106 Å². The smallest absolute Gasteiger partial charge is 0.0656 e. The summed E-state index contributed by atoms with van der Waals surface area (Å²) in [5.41, 5.74) is 0. The Hall–Kier alpha value is -0.346. The maximum Gasteiger partial charge on any atom is 0.0806 e. The fraction of sp³-hybridized carbons (Fsp3) is 0.647. The molecule has 0 nitrogen and oxygen atoms in total. The standard InChI is InChI=1S/C17H32Si2/c1-7-9-15-19(5,6)17-12-10-16(11-13-17)18(3,4)14-8-2/h10-13H,7-9,14-15H2,1-6H3. The zero-order valence-electron chi connectivity index (χ0n) is 13.8. The molecule has 1 aromatic carbocycles. The highest BCUT2D eigenvalue weighted by Crippen LogP contribution is 2.15. The van der Waals surface area contributed by atoms with Gasteiger partial charge in [0.15, 0.2) is 0 Å². The lowest BCUT2D eigenvalue weighted by Crippen LogP contribution is -2.45. The van der Waals surface area contributed by atoms with Gasteiger partial charge in [0.25, 0.3) is 0 Å². The zero-order chi connectivity index (χ0) is 14.5. The Bertz CT molecular complexity index is 377. The van der Waals surface area contributed by atoms with Crippen molar-refractivity contribution in [3.8, 4) is 0 Å². The van der Waals surface area contributed by atoms with E-state index >= 15 is 0 Å². The summed E-state index contributed by atoms with van der Waals surface area (Å²) in [7, 11) is -2.36. The Kier molecular flexibility index (Phi) is 6.06. The van der Waals surface area contributed by atoms with Crippen LogP contribution in [0.2, 0.25) is 38.3 Å². The van der Waals surface area contributed by atoms with E-state index in [2.05, 4.69) is 64.3 Å². The van der Waals surface area contributed by atoms with Crippen LogP contribution in [0.25, 0.3) is 0 Å². The summed E-state index contributed by atoms with van der Waals surface area (Å²) in [6, 6.07) is 12.6. The Balaban J connectivity index is 2.87. The van der Waals surface area contributed by atoms with E-state index in [1.165, 1.54) is 31.4 Å². The van der Waals surface area contributed by atoms with Crippen LogP contribution in [0.4, 0.5) is 0 Å². The fourth-order valence-electron chi connectivity index (χ4n) is 2.90. The minimum absolute atomic E-state index is 1.17. The second-order valence-electron chi connectivity index (χ2n) is 7.20. The lowest BCUT2D eigenvalue weighted by molar-refractivity contribution is 0.870. The van der Waals surface area contributed by atoms with Gasteiger partial charge in [-0.15, -0.1) is 0 Å². The average Bonchev–Trinajstić information content (AvgIpc) is 2.36. The molecule has 19 heavy (non-hydrogen) atoms. The Labute approximate surface area is 122 Å². The van der Waals surface area contributed by atoms with Crippen molar-refractivity contribution >= 4 is 26.5 Å². The minimum atomic E-state index is -1.19. The molecule has 0 radical (unpaired) electrons. The van der Waals surface area contributed by atoms with Gasteiger partial charge in [0.05, 0.1) is 16.1 Å². The van der Waals surface area contributed by atoms with Gasteiger partial charge in [0, 0.05) is 0 Å². The first-order valence-electron chi connectivity index (χ1n) is 7.94. The first kappa shape index (κ1) is 16.7. The van der Waals surface area contributed by atoms with Crippen molar-refractivity contribution in [2.75, 3.05) is 0 Å². The summed E-state index contributed by atoms with van der Waals surface area (Å²) in [5, 5.41) is 3.28. The summed E-state index contributed by atoms with van der Waals surface area (Å²) in [6.07, 6.45) is 4.03. The molecule has 0 aliphatic rings. The van der Waals surface area contributed by atoms with E-state index in [1.807, 2.05) is 0 Å². The van der Waals surface area contributed by atoms with E-state index in [0.29, 0.717) is 0 Å². The van der Waals surface area contributed by atoms with Crippen molar-refractivity contribution in [1.29, 1.82) is 0 Å². The van der Waals surface area contributed by atoms with Gasteiger partial charge in [0.1, 0.15) is 0 Å². The van der Waals surface area contributed by atoms with Gasteiger partial charge in [-0.05, 0) is 0 Å². The molecule has 0 aromatic heterocycles. The predicted octanol–water partition coefficient (Wildman–Crippen LogP) is 4.73. The molecule has 0 aliphatic carbocycles. The third-order valence-electron chi connectivity index (χ3n) is 4.48. The van der Waals surface area contributed by atoms with Gasteiger partial charge in [0.2, 0.25) is 0 Å². The molecule has 0 heterocycles. The van der Waals surface area contributed by atoms with Gasteiger partial charge in [-0.25, -0.2) is 0 Å². The second-order valence-corrected chi connectivity index (χ2v) is 16.9. The minimum Gasteiger partial charge on any atom is -0.0656 e. The van der Waals surface area contributed by atoms with E-state index < -0.39 is 16.1 Å². The molecule has 0 unspecified atom stereocenters. The maximum absolute atomic E-state index is 2.52. The van der Waals surface area contributed by atoms with Gasteiger partial charge >= 0.3 is 0 Å². The van der Waals surface area contributed by atoms with Crippen LogP contribution in [-0.2, 0) is 0 Å². The SMILES string of the molecule is CCCC[Si](C)(C)c1ccc([Si](C)(C)CCC)cc1. The van der Waals surface area contributed by atoms with E-state index in [0.717, 1.165) is 0 Å². The van der Waals surface area contributed by atoms with Gasteiger partial charge < -0.3 is 0 Å². The molecule has 0 atom stereocenters. The van der Waals surface area contributed by atoms with Crippen molar-refractivity contribution in [1.82, 2.24) is 0 Å². The average molecular weight is 293 g/mol. The van der Waals surface area contributed by atoms with Crippen LogP contribution in [0.15, 0.2) is 24.3 Å². The molecule has 0 fully saturated rings. The van der Waals surface area contributed by atoms with Crippen LogP contribution in [0.3, 0.4) is 0 Å². The van der Waals surface area contributed by atoms with E-state index in [9.17, 15) is 0 Å². The van der Waals surface area contributed by atoms with Crippen LogP contribution in [0, 0.1) is 0 Å². The second kappa shape index (κ2) is 6.89. The molecule has 0 N–H and O–H groups in total. The summed E-state index contributed by atoms with van der Waals surface area (Å²) in [5.74, 6) is 0. The van der Waals surface area contributed by atoms with Gasteiger partial charge in [-0.2, -0.15) is 0 Å². The van der Waals surface area contributed by atoms with Crippen LogP contribution >= 0.6 is 0 Å². The van der Waals surface area contributed by atoms with Crippen molar-refractivity contribution in [2.45, 2.75) is 71.4 Å². The molecule has 1 rings (SSSR count). The summed E-state index contributed by atoms with van der Waals surface area (Å²) < 4.78 is 0. The molecule has 0 saturated carbocycles. The molecule has 0 spiro atoms. The first-order chi connectivity index (χ1) is 8.83. The fourth-order valence-corrected chi connectivity index (χ4v) is 8.11. The van der Waals surface area contributed by atoms with Crippen LogP contribution in [-0.4, -0.2) is 16.1 Å². The van der Waals surface area contributed by atoms with Crippen LogP contribution in [0.1, 0.15) is 33.1 Å². The summed E-state index contributed by atoms with van der Waals surface area (Å²) in [4.78, 5) is 0. The molecule has 0 amide bonds. The topological polar surface area (TPSA) is 0 Å². The number of unbranched alkanes of at least 4 members (excludes halogenated alkanes) is 1. The van der Waals surface area contributed by atoms with E-state index in [-0.39, 0.29) is 0 Å². The molecule has 2 heteroatoms. The van der Waals surface area contributed by atoms with Crippen molar-refractivity contribution in [3.63, 3.8) is 0 Å². The maximum atomic E-state index is 2.52. The summed E-state index contributed by atoms with van der Waals surface area (Å²) >= 11 is 0. The molecule has 0 aliphatic heterocycles. The Morgan fingerprint density at radius 2 is 1.11 bits per heavy atom. The molecule has 0 bridgehead atoms. The van der Waals surface area contributed by atoms with Crippen molar-refractivity contribution in [2.24, 2.45) is 0 Å². The highest BCUT2D eigenvalue weighted by molar-refractivity contribution is 6.91. The molecule has 108 valence electrons. The number of benzene rings is 1. The normalized spacial score (nSPS) is 12.7. The zero-order valence-corrected chi connectivity index (χ0v) is 15.8. The highest BCUT2D eigenvalue weighted by Gasteiger charge is 2.25. The summed E-state index contributed by atoms with van der Waals surface area (Å²) in [6.45, 7) is 14.7. The third-order valence-corrected chi connectivity index (χ3v) is 11.6.